The number of aromatic amines is 1. The maximum absolute atomic E-state index is 12.9. The van der Waals surface area contributed by atoms with Gasteiger partial charge in [-0.2, -0.15) is 0 Å². The number of anilines is 1. The van der Waals surface area contributed by atoms with Gasteiger partial charge in [0, 0.05) is 0 Å². The van der Waals surface area contributed by atoms with E-state index in [1.54, 1.807) is 6.07 Å². The quantitative estimate of drug-likeness (QED) is 0.507. The zero-order valence-electron chi connectivity index (χ0n) is 5.93. The van der Waals surface area contributed by atoms with Crippen LogP contribution < -0.4 is 5.73 Å². The number of benzene rings is 1. The Morgan fingerprint density at radius 2 is 2.25 bits per heavy atom. The summed E-state index contributed by atoms with van der Waals surface area (Å²) in [6.45, 7) is 0. The van der Waals surface area contributed by atoms with Crippen molar-refractivity contribution in [2.45, 2.75) is 0 Å². The van der Waals surface area contributed by atoms with Crippen molar-refractivity contribution in [3.63, 3.8) is 0 Å². The Hall–Kier alpha value is -0.940. The number of halogens is 1. The molecule has 12 heavy (non-hydrogen) atoms. The van der Waals surface area contributed by atoms with E-state index in [9.17, 15) is 4.39 Å². The Morgan fingerprint density at radius 1 is 1.50 bits per heavy atom. The van der Waals surface area contributed by atoms with E-state index in [-0.39, 0.29) is 5.69 Å². The lowest BCUT2D eigenvalue weighted by Crippen LogP contribution is -1.88. The second kappa shape index (κ2) is 2.53. The van der Waals surface area contributed by atoms with E-state index in [2.05, 4.69) is 4.98 Å². The minimum absolute atomic E-state index is 0.145. The molecule has 5 heteroatoms. The molecule has 62 valence electrons. The summed E-state index contributed by atoms with van der Waals surface area (Å²) < 4.78 is 14.3. The highest BCUT2D eigenvalue weighted by molar-refractivity contribution is 7.73. The van der Waals surface area contributed by atoms with E-state index in [1.807, 2.05) is 0 Å². The van der Waals surface area contributed by atoms with Gasteiger partial charge in [0.1, 0.15) is 5.82 Å². The third-order valence-corrected chi connectivity index (χ3v) is 2.74. The molecular formula is C7H5FN2S2. The molecule has 0 amide bonds. The molecule has 0 atom stereocenters. The van der Waals surface area contributed by atoms with Crippen LogP contribution >= 0.6 is 23.6 Å². The first-order chi connectivity index (χ1) is 5.66. The highest BCUT2D eigenvalue weighted by atomic mass is 32.1. The lowest BCUT2D eigenvalue weighted by Gasteiger charge is -1.94. The SMILES string of the molecule is Nc1cc2[nH]c(=S)sc2cc1F. The van der Waals surface area contributed by atoms with Crippen molar-refractivity contribution in [2.24, 2.45) is 0 Å². The molecule has 0 unspecified atom stereocenters. The highest BCUT2D eigenvalue weighted by Gasteiger charge is 2.02. The molecule has 0 aliphatic heterocycles. The lowest BCUT2D eigenvalue weighted by atomic mass is 10.3. The van der Waals surface area contributed by atoms with Crippen LogP contribution in [0.15, 0.2) is 12.1 Å². The van der Waals surface area contributed by atoms with E-state index >= 15 is 0 Å². The Balaban J connectivity index is 2.92. The average Bonchev–Trinajstić information content (AvgIpc) is 2.30. The zero-order chi connectivity index (χ0) is 8.72. The van der Waals surface area contributed by atoms with Crippen LogP contribution in [0.4, 0.5) is 10.1 Å². The fraction of sp³-hybridized carbons (Fsp3) is 0. The zero-order valence-corrected chi connectivity index (χ0v) is 7.56. The predicted octanol–water partition coefficient (Wildman–Crippen LogP) is 2.68. The number of fused-ring (bicyclic) bond motifs is 1. The second-order valence-electron chi connectivity index (χ2n) is 2.38. The molecule has 2 rings (SSSR count). The van der Waals surface area contributed by atoms with Gasteiger partial charge in [-0.25, -0.2) is 4.39 Å². The molecule has 0 spiro atoms. The van der Waals surface area contributed by atoms with Crippen LogP contribution in [0.25, 0.3) is 10.2 Å². The third kappa shape index (κ3) is 1.11. The van der Waals surface area contributed by atoms with Gasteiger partial charge in [0.25, 0.3) is 0 Å². The van der Waals surface area contributed by atoms with Gasteiger partial charge >= 0.3 is 0 Å². The number of hydrogen-bond donors (Lipinski definition) is 2. The topological polar surface area (TPSA) is 41.8 Å². The third-order valence-electron chi connectivity index (χ3n) is 1.54. The summed E-state index contributed by atoms with van der Waals surface area (Å²) in [6, 6.07) is 2.94. The van der Waals surface area contributed by atoms with E-state index in [1.165, 1.54) is 17.4 Å². The Labute approximate surface area is 76.8 Å². The van der Waals surface area contributed by atoms with Crippen LogP contribution in [0.5, 0.6) is 0 Å². The molecular weight excluding hydrogens is 195 g/mol. The smallest absolute Gasteiger partial charge is 0.159 e. The normalized spacial score (nSPS) is 10.8. The fourth-order valence-corrected chi connectivity index (χ4v) is 2.11. The van der Waals surface area contributed by atoms with Crippen LogP contribution in [-0.4, -0.2) is 4.98 Å². The summed E-state index contributed by atoms with van der Waals surface area (Å²) in [5.41, 5.74) is 6.31. The number of thiazole rings is 1. The molecule has 1 heterocycles. The molecule has 0 radical (unpaired) electrons. The van der Waals surface area contributed by atoms with Crippen molar-refractivity contribution in [3.05, 3.63) is 21.9 Å². The van der Waals surface area contributed by atoms with Gasteiger partial charge in [0.15, 0.2) is 3.95 Å². The summed E-state index contributed by atoms with van der Waals surface area (Å²) in [4.78, 5) is 2.91. The van der Waals surface area contributed by atoms with Crippen LogP contribution in [0, 0.1) is 9.77 Å². The number of nitrogens with two attached hydrogens (primary N) is 1. The summed E-state index contributed by atoms with van der Waals surface area (Å²) in [5.74, 6) is -0.396. The second-order valence-corrected chi connectivity index (χ2v) is 4.10. The summed E-state index contributed by atoms with van der Waals surface area (Å²) >= 11 is 6.24. The minimum atomic E-state index is -0.396. The molecule has 3 N–H and O–H groups in total. The Bertz CT molecular complexity index is 444. The van der Waals surface area contributed by atoms with Crippen molar-refractivity contribution >= 4 is 39.5 Å². The minimum Gasteiger partial charge on any atom is -0.396 e. The van der Waals surface area contributed by atoms with Crippen molar-refractivity contribution in [2.75, 3.05) is 5.73 Å². The van der Waals surface area contributed by atoms with Gasteiger partial charge in [-0.1, -0.05) is 0 Å². The van der Waals surface area contributed by atoms with Gasteiger partial charge < -0.3 is 10.7 Å². The predicted molar refractivity (Wildman–Crippen MR) is 51.4 cm³/mol. The summed E-state index contributed by atoms with van der Waals surface area (Å²) in [5, 5.41) is 0. The van der Waals surface area contributed by atoms with E-state index in [0.717, 1.165) is 10.2 Å². The van der Waals surface area contributed by atoms with Gasteiger partial charge in [-0.3, -0.25) is 0 Å². The number of rotatable bonds is 0. The van der Waals surface area contributed by atoms with Gasteiger partial charge in [-0.15, -0.1) is 11.3 Å². The van der Waals surface area contributed by atoms with E-state index < -0.39 is 5.82 Å². The first kappa shape index (κ1) is 7.70. The maximum atomic E-state index is 12.9. The summed E-state index contributed by atoms with van der Waals surface area (Å²) in [6.07, 6.45) is 0. The van der Waals surface area contributed by atoms with E-state index in [4.69, 9.17) is 18.0 Å². The molecule has 0 aliphatic carbocycles. The van der Waals surface area contributed by atoms with Crippen molar-refractivity contribution in [1.29, 1.82) is 0 Å². The fourth-order valence-electron chi connectivity index (χ4n) is 0.989. The number of nitrogen functional groups attached to an aromatic ring is 1. The molecule has 0 fully saturated rings. The maximum Gasteiger partial charge on any atom is 0.159 e. The van der Waals surface area contributed by atoms with Gasteiger partial charge in [0.05, 0.1) is 15.9 Å². The molecule has 1 aromatic heterocycles. The summed E-state index contributed by atoms with van der Waals surface area (Å²) in [7, 11) is 0. The standard InChI is InChI=1S/C7H5FN2S2/c8-3-1-6-5(2-4(3)9)10-7(11)12-6/h1-2H,9H2,(H,10,11). The van der Waals surface area contributed by atoms with Crippen molar-refractivity contribution in [1.82, 2.24) is 4.98 Å². The van der Waals surface area contributed by atoms with Crippen LogP contribution in [0.2, 0.25) is 0 Å². The average molecular weight is 200 g/mol. The van der Waals surface area contributed by atoms with Gasteiger partial charge in [-0.05, 0) is 24.4 Å². The number of nitrogens with one attached hydrogen (secondary N) is 1. The largest absolute Gasteiger partial charge is 0.396 e. The Kier molecular flexibility index (Phi) is 1.62. The van der Waals surface area contributed by atoms with Crippen LogP contribution in [-0.2, 0) is 0 Å². The first-order valence-corrected chi connectivity index (χ1v) is 4.47. The first-order valence-electron chi connectivity index (χ1n) is 3.24. The highest BCUT2D eigenvalue weighted by Crippen LogP contribution is 2.23. The molecule has 2 nitrogen and oxygen atoms in total. The van der Waals surface area contributed by atoms with Crippen molar-refractivity contribution in [3.8, 4) is 0 Å². The molecule has 0 saturated carbocycles. The van der Waals surface area contributed by atoms with E-state index in [0.29, 0.717) is 3.95 Å². The van der Waals surface area contributed by atoms with Crippen molar-refractivity contribution < 1.29 is 4.39 Å². The molecule has 0 saturated heterocycles. The molecule has 0 bridgehead atoms. The molecule has 0 aliphatic rings. The Morgan fingerprint density at radius 3 is 3.00 bits per heavy atom. The number of H-pyrrole nitrogens is 1. The van der Waals surface area contributed by atoms with Gasteiger partial charge in [0.2, 0.25) is 0 Å². The number of hydrogen-bond acceptors (Lipinski definition) is 3. The van der Waals surface area contributed by atoms with Crippen LogP contribution in [0.3, 0.4) is 0 Å². The lowest BCUT2D eigenvalue weighted by molar-refractivity contribution is 0.634. The monoisotopic (exact) mass is 200 g/mol. The molecule has 1 aromatic carbocycles. The van der Waals surface area contributed by atoms with Crippen LogP contribution in [0.1, 0.15) is 0 Å². The number of aromatic nitrogens is 1. The molecule has 2 aromatic rings.